The molecule has 0 saturated carbocycles. The van der Waals surface area contributed by atoms with Crippen LogP contribution in [0.3, 0.4) is 0 Å². The molecule has 2 aromatic heterocycles. The number of anilines is 1. The number of carbonyl (C=O) groups is 1. The highest BCUT2D eigenvalue weighted by molar-refractivity contribution is 9.10. The number of nitrogen functional groups attached to an aromatic ring is 1. The number of halogens is 4. The number of sulfonamides is 2. The second kappa shape index (κ2) is 21.6. The molecule has 4 heterocycles. The number of alkyl carbamates (subject to hydrolysis) is 1. The van der Waals surface area contributed by atoms with Crippen molar-refractivity contribution in [3.05, 3.63) is 122 Å². The van der Waals surface area contributed by atoms with Gasteiger partial charge in [0.05, 0.1) is 22.9 Å². The molecule has 6 N–H and O–H groups in total. The zero-order valence-electron chi connectivity index (χ0n) is 35.1. The van der Waals surface area contributed by atoms with Crippen molar-refractivity contribution in [2.24, 2.45) is 15.7 Å². The number of amides is 1. The number of guanidine groups is 2. The third-order valence-corrected chi connectivity index (χ3v) is 14.0. The van der Waals surface area contributed by atoms with Crippen LogP contribution in [-0.4, -0.2) is 90.3 Å². The Kier molecular flexibility index (Phi) is 18.5. The zero-order valence-corrected chi connectivity index (χ0v) is 39.9. The molecular formula is C42H53Br2F2N11O6S2. The van der Waals surface area contributed by atoms with E-state index in [4.69, 9.17) is 26.9 Å². The maximum absolute atomic E-state index is 14.6. The van der Waals surface area contributed by atoms with Crippen molar-refractivity contribution in [3.63, 3.8) is 0 Å². The highest BCUT2D eigenvalue weighted by Gasteiger charge is 2.44. The minimum absolute atomic E-state index is 0. The van der Waals surface area contributed by atoms with Gasteiger partial charge in [-0.05, 0) is 121 Å². The number of nitrogens with one attached hydrogen (secondary N) is 2. The lowest BCUT2D eigenvalue weighted by Gasteiger charge is -2.36. The molecular weight excluding hydrogens is 1020 g/mol. The predicted molar refractivity (Wildman–Crippen MR) is 256 cm³/mol. The first-order valence-corrected chi connectivity index (χ1v) is 23.3. The minimum atomic E-state index is -3.86. The Labute approximate surface area is 396 Å². The molecule has 2 aliphatic heterocycles. The number of aromatic nitrogens is 2. The number of hydrogen-bond acceptors (Lipinski definition) is 14. The van der Waals surface area contributed by atoms with Gasteiger partial charge in [-0.3, -0.25) is 10.3 Å². The standard InChI is InChI=1S/C18H19BrFN5O2S.C16H23FN4O4S.C6H3BrN2.2CH4/c1-18(10-28(26,27)25(2)17(22)24-18)13-7-11(3-5-14(13)20)8-15(21)16-6-4-12(19)9-23-16;1-15(2,3)25-14(22)19-13-20-16(4,9-26(23,24)21(13)5)11-8-10(18)6-7-12(11)17;7-5-1-2-6(3-8)9-4-5;;/h3-7,9,21H,8,10H2,1-2H3,(H2,22,24);6-8H,9,18H2,1-5H3,(H,19,20,22);1-2,4H;2*1H4/t18-;16-;;;/m00.../s1. The largest absolute Gasteiger partial charge is 0.444 e. The van der Waals surface area contributed by atoms with Crippen LogP contribution in [0, 0.1) is 28.4 Å². The quantitative estimate of drug-likeness (QED) is 0.115. The molecule has 2 atom stereocenters. The molecule has 0 bridgehead atoms. The molecule has 0 saturated heterocycles. The normalized spacial score (nSPS) is 19.4. The Hall–Kier alpha value is -5.57. The number of ether oxygens (including phenoxy) is 1. The van der Waals surface area contributed by atoms with Gasteiger partial charge in [-0.2, -0.15) is 5.26 Å². The molecule has 0 aliphatic carbocycles. The fourth-order valence-electron chi connectivity index (χ4n) is 5.99. The molecule has 0 radical (unpaired) electrons. The van der Waals surface area contributed by atoms with E-state index in [9.17, 15) is 30.4 Å². The Balaban J connectivity index is 0.000000366. The first kappa shape index (κ1) is 55.6. The number of aliphatic imine (C=N–C) groups is 2. The fraction of sp³-hybridized carbons (Fsp3) is 0.357. The van der Waals surface area contributed by atoms with Crippen LogP contribution < -0.4 is 16.8 Å². The van der Waals surface area contributed by atoms with Gasteiger partial charge in [0.25, 0.3) is 0 Å². The molecule has 23 heteroatoms. The molecule has 1 amide bonds. The van der Waals surface area contributed by atoms with Crippen LogP contribution >= 0.6 is 31.9 Å². The Morgan fingerprint density at radius 1 is 0.862 bits per heavy atom. The van der Waals surface area contributed by atoms with Crippen molar-refractivity contribution in [3.8, 4) is 6.07 Å². The highest BCUT2D eigenvalue weighted by atomic mass is 79.9. The summed E-state index contributed by atoms with van der Waals surface area (Å²) in [6, 6.07) is 17.1. The van der Waals surface area contributed by atoms with Crippen LogP contribution in [0.15, 0.2) is 92.0 Å². The van der Waals surface area contributed by atoms with Gasteiger partial charge in [-0.1, -0.05) is 27.0 Å². The van der Waals surface area contributed by atoms with E-state index >= 15 is 0 Å². The van der Waals surface area contributed by atoms with E-state index in [1.165, 1.54) is 46.1 Å². The molecule has 2 aliphatic rings. The van der Waals surface area contributed by atoms with Crippen LogP contribution in [0.2, 0.25) is 0 Å². The van der Waals surface area contributed by atoms with Gasteiger partial charge in [0.1, 0.15) is 40.1 Å². The molecule has 352 valence electrons. The van der Waals surface area contributed by atoms with Crippen molar-refractivity contribution in [1.29, 1.82) is 10.7 Å². The summed E-state index contributed by atoms with van der Waals surface area (Å²) in [4.78, 5) is 28.5. The van der Waals surface area contributed by atoms with Crippen molar-refractivity contribution in [2.45, 2.75) is 72.6 Å². The van der Waals surface area contributed by atoms with Crippen LogP contribution in [0.4, 0.5) is 19.3 Å². The summed E-state index contributed by atoms with van der Waals surface area (Å²) in [5, 5.41) is 18.9. The number of nitrogens with zero attached hydrogens (tertiary/aromatic N) is 7. The lowest BCUT2D eigenvalue weighted by atomic mass is 9.91. The van der Waals surface area contributed by atoms with Crippen LogP contribution in [0.5, 0.6) is 0 Å². The molecule has 65 heavy (non-hydrogen) atoms. The van der Waals surface area contributed by atoms with Crippen LogP contribution in [-0.2, 0) is 42.3 Å². The summed E-state index contributed by atoms with van der Waals surface area (Å²) in [6.07, 6.45) is 2.54. The third kappa shape index (κ3) is 14.5. The van der Waals surface area contributed by atoms with Crippen LogP contribution in [0.25, 0.3) is 0 Å². The second-order valence-corrected chi connectivity index (χ2v) is 21.4. The van der Waals surface area contributed by atoms with Gasteiger partial charge < -0.3 is 21.6 Å². The number of carbonyl (C=O) groups excluding carboxylic acids is 1. The number of hydrogen-bond donors (Lipinski definition) is 4. The SMILES string of the molecule is C.C.CN1C(N)=N[C@](C)(c2cc(CC(=N)c3ccc(Br)cn3)ccc2F)CS1(=O)=O.CN1C(NC(=O)OC(C)(C)C)=N[C@](C)(c2cc(N)ccc2F)CS1(=O)=O.N#Cc1ccc(Br)cn1. The van der Waals surface area contributed by atoms with E-state index in [1.807, 2.05) is 6.07 Å². The van der Waals surface area contributed by atoms with Crippen molar-refractivity contribution >= 4 is 81.3 Å². The summed E-state index contributed by atoms with van der Waals surface area (Å²) in [7, 11) is -5.01. The van der Waals surface area contributed by atoms with Gasteiger partial charge in [-0.25, -0.2) is 54.0 Å². The van der Waals surface area contributed by atoms with E-state index < -0.39 is 66.0 Å². The predicted octanol–water partition coefficient (Wildman–Crippen LogP) is 7.17. The Morgan fingerprint density at radius 3 is 1.89 bits per heavy atom. The first-order valence-electron chi connectivity index (χ1n) is 18.5. The first-order chi connectivity index (χ1) is 29.1. The van der Waals surface area contributed by atoms with Gasteiger partial charge in [0.15, 0.2) is 0 Å². The number of nitrogens with two attached hydrogens (primary N) is 2. The van der Waals surface area contributed by atoms with Gasteiger partial charge in [0, 0.05) is 58.7 Å². The summed E-state index contributed by atoms with van der Waals surface area (Å²) in [5.41, 5.74) is 10.1. The average molecular weight is 1070 g/mol. The Morgan fingerprint density at radius 2 is 1.38 bits per heavy atom. The average Bonchev–Trinajstić information content (AvgIpc) is 3.17. The third-order valence-electron chi connectivity index (χ3n) is 9.15. The topological polar surface area (TPSA) is 263 Å². The van der Waals surface area contributed by atoms with Crippen LogP contribution in [0.1, 0.15) is 77.6 Å². The van der Waals surface area contributed by atoms with Crippen molar-refractivity contribution in [2.75, 3.05) is 31.3 Å². The van der Waals surface area contributed by atoms with E-state index in [1.54, 1.807) is 69.6 Å². The smallest absolute Gasteiger partial charge is 0.414 e. The molecule has 0 spiro atoms. The van der Waals surface area contributed by atoms with Crippen molar-refractivity contribution in [1.82, 2.24) is 23.9 Å². The summed E-state index contributed by atoms with van der Waals surface area (Å²) in [6.45, 7) is 8.01. The number of benzene rings is 2. The highest BCUT2D eigenvalue weighted by Crippen LogP contribution is 2.36. The van der Waals surface area contributed by atoms with Gasteiger partial charge >= 0.3 is 6.09 Å². The van der Waals surface area contributed by atoms with E-state index in [2.05, 4.69) is 57.1 Å². The zero-order chi connectivity index (χ0) is 47.3. The molecule has 0 fully saturated rings. The molecule has 4 aromatic rings. The minimum Gasteiger partial charge on any atom is -0.444 e. The van der Waals surface area contributed by atoms with E-state index in [0.717, 1.165) is 23.6 Å². The fourth-order valence-corrected chi connectivity index (χ4v) is 9.38. The molecule has 17 nitrogen and oxygen atoms in total. The monoisotopic (exact) mass is 1070 g/mol. The maximum Gasteiger partial charge on any atom is 0.414 e. The van der Waals surface area contributed by atoms with Gasteiger partial charge in [-0.15, -0.1) is 0 Å². The van der Waals surface area contributed by atoms with E-state index in [-0.39, 0.29) is 55.7 Å². The number of rotatable bonds is 5. The lowest BCUT2D eigenvalue weighted by molar-refractivity contribution is 0.0559. The summed E-state index contributed by atoms with van der Waals surface area (Å²) >= 11 is 6.50. The van der Waals surface area contributed by atoms with E-state index in [0.29, 0.717) is 17.0 Å². The second-order valence-electron chi connectivity index (χ2n) is 15.6. The van der Waals surface area contributed by atoms with Crippen molar-refractivity contribution < 1.29 is 35.1 Å². The van der Waals surface area contributed by atoms with Gasteiger partial charge in [0.2, 0.25) is 32.0 Å². The molecule has 2 aromatic carbocycles. The lowest BCUT2D eigenvalue weighted by Crippen LogP contribution is -2.54. The summed E-state index contributed by atoms with van der Waals surface area (Å²) in [5.74, 6) is -2.53. The number of nitriles is 1. The molecule has 0 unspecified atom stereocenters. The Bertz CT molecular complexity index is 2720. The summed E-state index contributed by atoms with van der Waals surface area (Å²) < 4.78 is 87.3. The molecule has 6 rings (SSSR count). The number of pyridine rings is 2. The maximum atomic E-state index is 14.6.